The molecule has 0 saturated heterocycles. The monoisotopic (exact) mass is 532 g/mol. The summed E-state index contributed by atoms with van der Waals surface area (Å²) in [6.07, 6.45) is 4.33. The van der Waals surface area contributed by atoms with Gasteiger partial charge in [-0.05, 0) is 55.0 Å². The van der Waals surface area contributed by atoms with Gasteiger partial charge in [-0.15, -0.1) is 0 Å². The van der Waals surface area contributed by atoms with Gasteiger partial charge in [-0.1, -0.05) is 0 Å². The fraction of sp³-hybridized carbons (Fsp3) is 0.217. The van der Waals surface area contributed by atoms with E-state index in [0.29, 0.717) is 28.6 Å². The van der Waals surface area contributed by atoms with E-state index in [1.165, 1.54) is 41.0 Å². The number of nitrogens with zero attached hydrogens (tertiary/aromatic N) is 2. The lowest BCUT2D eigenvalue weighted by Crippen LogP contribution is -2.31. The zero-order valence-corrected chi connectivity index (χ0v) is 20.9. The van der Waals surface area contributed by atoms with E-state index in [2.05, 4.69) is 15.0 Å². The Labute approximate surface area is 209 Å². The van der Waals surface area contributed by atoms with Gasteiger partial charge in [-0.3, -0.25) is 18.8 Å². The summed E-state index contributed by atoms with van der Waals surface area (Å²) in [5.74, 6) is 0.663. The molecule has 0 atom stereocenters. The average molecular weight is 533 g/mol. The Morgan fingerprint density at radius 3 is 2.44 bits per heavy atom. The van der Waals surface area contributed by atoms with Crippen molar-refractivity contribution < 1.29 is 31.1 Å². The van der Waals surface area contributed by atoms with Crippen molar-refractivity contribution in [2.75, 3.05) is 33.9 Å². The first-order valence-electron chi connectivity index (χ1n) is 10.8. The number of amides is 1. The average Bonchev–Trinajstić information content (AvgIpc) is 3.30. The highest BCUT2D eigenvalue weighted by atomic mass is 32.2. The van der Waals surface area contributed by atoms with Gasteiger partial charge in [0.1, 0.15) is 0 Å². The lowest BCUT2D eigenvalue weighted by Gasteiger charge is -2.22. The maximum atomic E-state index is 12.5. The van der Waals surface area contributed by atoms with Crippen LogP contribution >= 0.6 is 0 Å². The van der Waals surface area contributed by atoms with E-state index in [-0.39, 0.29) is 37.0 Å². The van der Waals surface area contributed by atoms with Crippen molar-refractivity contribution in [2.24, 2.45) is 0 Å². The molecule has 2 aromatic carbocycles. The third-order valence-corrected chi connectivity index (χ3v) is 7.76. The number of hydrogen-bond donors (Lipinski definition) is 2. The van der Waals surface area contributed by atoms with E-state index < -0.39 is 20.0 Å². The molecule has 0 spiro atoms. The molecule has 0 bridgehead atoms. The van der Waals surface area contributed by atoms with Crippen molar-refractivity contribution in [1.29, 1.82) is 0 Å². The molecule has 0 aliphatic carbocycles. The van der Waals surface area contributed by atoms with Gasteiger partial charge in [0, 0.05) is 30.9 Å². The van der Waals surface area contributed by atoms with E-state index in [9.17, 15) is 21.6 Å². The summed E-state index contributed by atoms with van der Waals surface area (Å²) in [6, 6.07) is 13.7. The Hall–Kier alpha value is -3.84. The van der Waals surface area contributed by atoms with Crippen LogP contribution in [0.25, 0.3) is 0 Å². The Morgan fingerprint density at radius 1 is 1.00 bits per heavy atom. The van der Waals surface area contributed by atoms with Crippen LogP contribution in [0.5, 0.6) is 11.5 Å². The summed E-state index contributed by atoms with van der Waals surface area (Å²) in [4.78, 5) is 16.3. The number of sulfonamides is 2. The number of carbonyl (C=O) groups is 1. The minimum Gasteiger partial charge on any atom is -0.454 e. The highest BCUT2D eigenvalue weighted by Gasteiger charge is 2.22. The van der Waals surface area contributed by atoms with Crippen molar-refractivity contribution in [1.82, 2.24) is 4.98 Å². The predicted molar refractivity (Wildman–Crippen MR) is 134 cm³/mol. The highest BCUT2D eigenvalue weighted by molar-refractivity contribution is 7.92. The summed E-state index contributed by atoms with van der Waals surface area (Å²) in [6.45, 7) is 0.162. The number of ether oxygens (including phenoxy) is 2. The number of anilines is 3. The van der Waals surface area contributed by atoms with Gasteiger partial charge in [0.25, 0.3) is 10.0 Å². The Kier molecular flexibility index (Phi) is 7.31. The van der Waals surface area contributed by atoms with Crippen LogP contribution in [-0.4, -0.2) is 47.3 Å². The summed E-state index contributed by atoms with van der Waals surface area (Å²) in [7, 11) is -7.40. The zero-order valence-electron chi connectivity index (χ0n) is 19.2. The molecular weight excluding hydrogens is 508 g/mol. The predicted octanol–water partition coefficient (Wildman–Crippen LogP) is 2.80. The van der Waals surface area contributed by atoms with Gasteiger partial charge in [-0.25, -0.2) is 16.8 Å². The van der Waals surface area contributed by atoms with Gasteiger partial charge in [-0.2, -0.15) is 0 Å². The Balaban J connectivity index is 1.33. The number of aromatic nitrogens is 1. The number of hydrogen-bond acceptors (Lipinski definition) is 8. The Bertz CT molecular complexity index is 1450. The highest BCUT2D eigenvalue weighted by Crippen LogP contribution is 2.36. The van der Waals surface area contributed by atoms with Crippen molar-refractivity contribution in [3.05, 3.63) is 67.0 Å². The molecule has 0 radical (unpaired) electrons. The number of fused-ring (bicyclic) bond motifs is 1. The second kappa shape index (κ2) is 10.4. The van der Waals surface area contributed by atoms with E-state index in [1.54, 1.807) is 30.3 Å². The normalized spacial score (nSPS) is 12.7. The Morgan fingerprint density at radius 2 is 1.75 bits per heavy atom. The topological polar surface area (TPSA) is 144 Å². The van der Waals surface area contributed by atoms with Crippen LogP contribution in [0.15, 0.2) is 71.9 Å². The van der Waals surface area contributed by atoms with Gasteiger partial charge in [0.05, 0.1) is 28.7 Å². The standard InChI is InChI=1S/C23H24N4O7S2/c1-35(29,30)27(19-8-11-21-22(14-19)34-16-33-21)13-3-5-23(28)25-17-6-9-20(10-7-17)36(31,32)26-18-4-2-12-24-15-18/h2,4,6-12,14-15,26H,3,5,13,16H2,1H3,(H,25,28). The zero-order chi connectivity index (χ0) is 25.8. The third kappa shape index (κ3) is 6.23. The number of benzene rings is 2. The van der Waals surface area contributed by atoms with Crippen molar-refractivity contribution in [3.8, 4) is 11.5 Å². The molecule has 36 heavy (non-hydrogen) atoms. The number of carbonyl (C=O) groups excluding carboxylic acids is 1. The third-order valence-electron chi connectivity index (χ3n) is 5.17. The summed E-state index contributed by atoms with van der Waals surface area (Å²) in [5, 5.41) is 2.69. The van der Waals surface area contributed by atoms with Crippen LogP contribution in [0, 0.1) is 0 Å². The molecule has 2 heterocycles. The minimum absolute atomic E-state index is 0.0249. The lowest BCUT2D eigenvalue weighted by molar-refractivity contribution is -0.116. The second-order valence-corrected chi connectivity index (χ2v) is 11.5. The molecule has 1 aromatic heterocycles. The van der Waals surface area contributed by atoms with Gasteiger partial charge >= 0.3 is 0 Å². The first-order chi connectivity index (χ1) is 17.1. The minimum atomic E-state index is -3.81. The molecule has 1 aliphatic heterocycles. The second-order valence-electron chi connectivity index (χ2n) is 7.90. The molecular formula is C23H24N4O7S2. The maximum Gasteiger partial charge on any atom is 0.261 e. The van der Waals surface area contributed by atoms with E-state index in [0.717, 1.165) is 6.26 Å². The first-order valence-corrected chi connectivity index (χ1v) is 14.2. The van der Waals surface area contributed by atoms with Crippen LogP contribution in [-0.2, 0) is 24.8 Å². The molecule has 11 nitrogen and oxygen atoms in total. The van der Waals surface area contributed by atoms with Gasteiger partial charge < -0.3 is 14.8 Å². The lowest BCUT2D eigenvalue weighted by atomic mass is 10.2. The van der Waals surface area contributed by atoms with Crippen molar-refractivity contribution >= 4 is 43.0 Å². The van der Waals surface area contributed by atoms with E-state index in [4.69, 9.17) is 9.47 Å². The maximum absolute atomic E-state index is 12.5. The van der Waals surface area contributed by atoms with Crippen LogP contribution in [0.1, 0.15) is 12.8 Å². The quantitative estimate of drug-likeness (QED) is 0.406. The molecule has 2 N–H and O–H groups in total. The van der Waals surface area contributed by atoms with Crippen molar-refractivity contribution in [3.63, 3.8) is 0 Å². The van der Waals surface area contributed by atoms with Crippen LogP contribution < -0.4 is 23.8 Å². The summed E-state index contributed by atoms with van der Waals surface area (Å²) in [5.41, 5.74) is 1.16. The van der Waals surface area contributed by atoms with Crippen LogP contribution in [0.2, 0.25) is 0 Å². The van der Waals surface area contributed by atoms with E-state index in [1.807, 2.05) is 0 Å². The molecule has 190 valence electrons. The largest absolute Gasteiger partial charge is 0.454 e. The molecule has 4 rings (SSSR count). The van der Waals surface area contributed by atoms with Crippen molar-refractivity contribution in [2.45, 2.75) is 17.7 Å². The SMILES string of the molecule is CS(=O)(=O)N(CCCC(=O)Nc1ccc(S(=O)(=O)Nc2cccnc2)cc1)c1ccc2c(c1)OCO2. The van der Waals surface area contributed by atoms with Crippen LogP contribution in [0.4, 0.5) is 17.1 Å². The molecule has 0 saturated carbocycles. The summed E-state index contributed by atoms with van der Waals surface area (Å²) >= 11 is 0. The fourth-order valence-electron chi connectivity index (χ4n) is 3.49. The van der Waals surface area contributed by atoms with Gasteiger partial charge in [0.15, 0.2) is 11.5 Å². The number of pyridine rings is 1. The smallest absolute Gasteiger partial charge is 0.261 e. The molecule has 0 fully saturated rings. The fourth-order valence-corrected chi connectivity index (χ4v) is 5.49. The molecule has 0 unspecified atom stereocenters. The van der Waals surface area contributed by atoms with Gasteiger partial charge in [0.2, 0.25) is 22.7 Å². The van der Waals surface area contributed by atoms with Crippen LogP contribution in [0.3, 0.4) is 0 Å². The number of rotatable bonds is 10. The first kappa shape index (κ1) is 25.3. The number of nitrogens with one attached hydrogen (secondary N) is 2. The molecule has 1 aliphatic rings. The molecule has 1 amide bonds. The summed E-state index contributed by atoms with van der Waals surface area (Å²) < 4.78 is 63.9. The molecule has 3 aromatic rings. The molecule has 13 heteroatoms. The van der Waals surface area contributed by atoms with E-state index >= 15 is 0 Å².